The number of aromatic nitrogens is 1. The standard InChI is InChI=1S/C14H13N3/c1-2-11-3-6-13(7-4-11)17-14-8-5-12(9-15)10-16-14/h3-8,10H,2H2,1H3,(H,16,17). The van der Waals surface area contributed by atoms with Gasteiger partial charge in [-0.15, -0.1) is 0 Å². The van der Waals surface area contributed by atoms with Crippen LogP contribution in [0.5, 0.6) is 0 Å². The second kappa shape index (κ2) is 5.13. The highest BCUT2D eigenvalue weighted by atomic mass is 15.0. The van der Waals surface area contributed by atoms with Gasteiger partial charge in [0.25, 0.3) is 0 Å². The summed E-state index contributed by atoms with van der Waals surface area (Å²) in [4.78, 5) is 4.15. The summed E-state index contributed by atoms with van der Waals surface area (Å²) in [5.74, 6) is 0.744. The van der Waals surface area contributed by atoms with Crippen LogP contribution in [0.1, 0.15) is 18.1 Å². The maximum absolute atomic E-state index is 8.67. The smallest absolute Gasteiger partial charge is 0.130 e. The number of pyridine rings is 1. The number of nitrogens with zero attached hydrogens (tertiary/aromatic N) is 2. The molecular weight excluding hydrogens is 210 g/mol. The Kier molecular flexibility index (Phi) is 3.37. The van der Waals surface area contributed by atoms with Crippen molar-refractivity contribution < 1.29 is 0 Å². The molecule has 0 aliphatic heterocycles. The van der Waals surface area contributed by atoms with Crippen molar-refractivity contribution in [3.8, 4) is 6.07 Å². The predicted octanol–water partition coefficient (Wildman–Crippen LogP) is 3.26. The third-order valence-electron chi connectivity index (χ3n) is 2.53. The molecule has 0 saturated carbocycles. The molecular formula is C14H13N3. The van der Waals surface area contributed by atoms with E-state index >= 15 is 0 Å². The lowest BCUT2D eigenvalue weighted by molar-refractivity contribution is 1.14. The van der Waals surface area contributed by atoms with Crippen molar-refractivity contribution >= 4 is 11.5 Å². The minimum Gasteiger partial charge on any atom is -0.340 e. The van der Waals surface area contributed by atoms with E-state index in [0.29, 0.717) is 5.56 Å². The molecule has 2 aromatic rings. The number of anilines is 2. The van der Waals surface area contributed by atoms with Crippen LogP contribution in [0, 0.1) is 11.3 Å². The molecule has 0 bridgehead atoms. The Balaban J connectivity index is 2.11. The molecule has 17 heavy (non-hydrogen) atoms. The van der Waals surface area contributed by atoms with Crippen LogP contribution in [0.3, 0.4) is 0 Å². The predicted molar refractivity (Wildman–Crippen MR) is 68.1 cm³/mol. The van der Waals surface area contributed by atoms with Gasteiger partial charge in [-0.05, 0) is 36.2 Å². The molecule has 3 nitrogen and oxygen atoms in total. The molecule has 0 unspecified atom stereocenters. The molecule has 0 atom stereocenters. The minimum absolute atomic E-state index is 0.567. The SMILES string of the molecule is CCc1ccc(Nc2ccc(C#N)cn2)cc1. The lowest BCUT2D eigenvalue weighted by Crippen LogP contribution is -1.93. The highest BCUT2D eigenvalue weighted by Gasteiger charge is 1.96. The van der Waals surface area contributed by atoms with Crippen LogP contribution >= 0.6 is 0 Å². The van der Waals surface area contributed by atoms with E-state index in [0.717, 1.165) is 17.9 Å². The van der Waals surface area contributed by atoms with Gasteiger partial charge in [0.1, 0.15) is 11.9 Å². The van der Waals surface area contributed by atoms with Gasteiger partial charge in [-0.3, -0.25) is 0 Å². The lowest BCUT2D eigenvalue weighted by Gasteiger charge is -2.05. The van der Waals surface area contributed by atoms with E-state index < -0.39 is 0 Å². The molecule has 1 aromatic carbocycles. The van der Waals surface area contributed by atoms with Gasteiger partial charge in [0.05, 0.1) is 5.56 Å². The van der Waals surface area contributed by atoms with Gasteiger partial charge in [-0.25, -0.2) is 4.98 Å². The van der Waals surface area contributed by atoms with Gasteiger partial charge in [-0.2, -0.15) is 5.26 Å². The van der Waals surface area contributed by atoms with Crippen LogP contribution in [0.2, 0.25) is 0 Å². The second-order valence-corrected chi connectivity index (χ2v) is 3.72. The van der Waals surface area contributed by atoms with Crippen molar-refractivity contribution in [2.75, 3.05) is 5.32 Å². The van der Waals surface area contributed by atoms with E-state index in [1.54, 1.807) is 18.3 Å². The third kappa shape index (κ3) is 2.82. The van der Waals surface area contributed by atoms with Gasteiger partial charge in [0.2, 0.25) is 0 Å². The van der Waals surface area contributed by atoms with E-state index in [1.807, 2.05) is 18.2 Å². The molecule has 0 spiro atoms. The zero-order valence-corrected chi connectivity index (χ0v) is 9.64. The maximum Gasteiger partial charge on any atom is 0.130 e. The Labute approximate surface area is 101 Å². The molecule has 2 rings (SSSR count). The molecule has 0 amide bonds. The van der Waals surface area contributed by atoms with Crippen molar-refractivity contribution in [3.63, 3.8) is 0 Å². The average molecular weight is 223 g/mol. The number of aryl methyl sites for hydroxylation is 1. The first-order valence-corrected chi connectivity index (χ1v) is 5.54. The van der Waals surface area contributed by atoms with Gasteiger partial charge in [0.15, 0.2) is 0 Å². The number of nitriles is 1. The number of hydrogen-bond acceptors (Lipinski definition) is 3. The molecule has 0 radical (unpaired) electrons. The van der Waals surface area contributed by atoms with Crippen molar-refractivity contribution in [2.24, 2.45) is 0 Å². The first-order chi connectivity index (χ1) is 8.31. The fourth-order valence-corrected chi connectivity index (χ4v) is 1.51. The molecule has 0 saturated heterocycles. The van der Waals surface area contributed by atoms with Gasteiger partial charge >= 0.3 is 0 Å². The van der Waals surface area contributed by atoms with E-state index in [4.69, 9.17) is 5.26 Å². The summed E-state index contributed by atoms with van der Waals surface area (Å²) in [5.41, 5.74) is 2.87. The van der Waals surface area contributed by atoms with Crippen molar-refractivity contribution in [1.29, 1.82) is 5.26 Å². The van der Waals surface area contributed by atoms with Crippen molar-refractivity contribution in [2.45, 2.75) is 13.3 Å². The van der Waals surface area contributed by atoms with Crippen molar-refractivity contribution in [1.82, 2.24) is 4.98 Å². The highest BCUT2D eigenvalue weighted by molar-refractivity contribution is 5.56. The molecule has 3 heteroatoms. The number of benzene rings is 1. The summed E-state index contributed by atoms with van der Waals surface area (Å²) in [6, 6.07) is 13.8. The van der Waals surface area contributed by atoms with E-state index in [9.17, 15) is 0 Å². The topological polar surface area (TPSA) is 48.7 Å². The first kappa shape index (κ1) is 11.2. The Morgan fingerprint density at radius 2 is 1.94 bits per heavy atom. The molecule has 84 valence electrons. The summed E-state index contributed by atoms with van der Waals surface area (Å²) >= 11 is 0. The fourth-order valence-electron chi connectivity index (χ4n) is 1.51. The zero-order valence-electron chi connectivity index (χ0n) is 9.64. The summed E-state index contributed by atoms with van der Waals surface area (Å²) < 4.78 is 0. The molecule has 0 aliphatic carbocycles. The maximum atomic E-state index is 8.67. The van der Waals surface area contributed by atoms with Crippen LogP contribution < -0.4 is 5.32 Å². The molecule has 1 N–H and O–H groups in total. The molecule has 0 fully saturated rings. The van der Waals surface area contributed by atoms with Crippen LogP contribution in [0.15, 0.2) is 42.6 Å². The van der Waals surface area contributed by atoms with Crippen LogP contribution in [-0.4, -0.2) is 4.98 Å². The Hall–Kier alpha value is -2.34. The van der Waals surface area contributed by atoms with E-state index in [-0.39, 0.29) is 0 Å². The zero-order chi connectivity index (χ0) is 12.1. The second-order valence-electron chi connectivity index (χ2n) is 3.72. The van der Waals surface area contributed by atoms with Crippen LogP contribution in [-0.2, 0) is 6.42 Å². The lowest BCUT2D eigenvalue weighted by atomic mass is 10.1. The summed E-state index contributed by atoms with van der Waals surface area (Å²) in [6.45, 7) is 2.13. The summed E-state index contributed by atoms with van der Waals surface area (Å²) in [6.07, 6.45) is 2.60. The highest BCUT2D eigenvalue weighted by Crippen LogP contribution is 2.15. The van der Waals surface area contributed by atoms with Crippen LogP contribution in [0.4, 0.5) is 11.5 Å². The average Bonchev–Trinajstić information content (AvgIpc) is 2.40. The molecule has 1 heterocycles. The Morgan fingerprint density at radius 1 is 1.18 bits per heavy atom. The van der Waals surface area contributed by atoms with E-state index in [2.05, 4.69) is 29.4 Å². The molecule has 0 aliphatic rings. The molecule has 1 aromatic heterocycles. The van der Waals surface area contributed by atoms with Crippen molar-refractivity contribution in [3.05, 3.63) is 53.7 Å². The van der Waals surface area contributed by atoms with Gasteiger partial charge in [-0.1, -0.05) is 19.1 Å². The Bertz CT molecular complexity index is 521. The quantitative estimate of drug-likeness (QED) is 0.868. The number of rotatable bonds is 3. The number of hydrogen-bond donors (Lipinski definition) is 1. The Morgan fingerprint density at radius 3 is 2.47 bits per heavy atom. The van der Waals surface area contributed by atoms with Gasteiger partial charge in [0, 0.05) is 11.9 Å². The van der Waals surface area contributed by atoms with Gasteiger partial charge < -0.3 is 5.32 Å². The minimum atomic E-state index is 0.567. The summed E-state index contributed by atoms with van der Waals surface area (Å²) in [5, 5.41) is 11.9. The monoisotopic (exact) mass is 223 g/mol. The third-order valence-corrected chi connectivity index (χ3v) is 2.53. The number of nitrogens with one attached hydrogen (secondary N) is 1. The van der Waals surface area contributed by atoms with E-state index in [1.165, 1.54) is 5.56 Å². The largest absolute Gasteiger partial charge is 0.340 e. The fraction of sp³-hybridized carbons (Fsp3) is 0.143. The summed E-state index contributed by atoms with van der Waals surface area (Å²) in [7, 11) is 0. The van der Waals surface area contributed by atoms with Crippen LogP contribution in [0.25, 0.3) is 0 Å². The first-order valence-electron chi connectivity index (χ1n) is 5.54. The normalized spacial score (nSPS) is 9.65.